The predicted octanol–water partition coefficient (Wildman–Crippen LogP) is 1.61. The second-order valence-electron chi connectivity index (χ2n) is 4.72. The number of nitrogens with one attached hydrogen (secondary N) is 1. The average Bonchev–Trinajstić information content (AvgIpc) is 2.14. The molecule has 1 N–H and O–H groups in total. The highest BCUT2D eigenvalue weighted by molar-refractivity contribution is 7.90. The summed E-state index contributed by atoms with van der Waals surface area (Å²) >= 11 is -0.969. The zero-order valence-corrected chi connectivity index (χ0v) is 10.2. The Balaban J connectivity index is 2.19. The molecule has 14 heavy (non-hydrogen) atoms. The van der Waals surface area contributed by atoms with Gasteiger partial charge in [0.2, 0.25) is 0 Å². The first-order chi connectivity index (χ1) is 6.50. The van der Waals surface area contributed by atoms with Gasteiger partial charge in [0.1, 0.15) is 4.75 Å². The molecule has 0 bridgehead atoms. The van der Waals surface area contributed by atoms with Gasteiger partial charge in [-0.05, 0) is 40.0 Å². The van der Waals surface area contributed by atoms with Crippen LogP contribution in [-0.2, 0) is 16.1 Å². The molecule has 84 valence electrons. The summed E-state index contributed by atoms with van der Waals surface area (Å²) in [6.07, 6.45) is 3.75. The number of hydrogen-bond donors (Lipinski definition) is 1. The van der Waals surface area contributed by atoms with E-state index in [0.717, 1.165) is 13.0 Å². The SMILES string of the molecule is CC(C)(C)[S+]([O-])NCC1CCCCO1. The Hall–Kier alpha value is 0.230. The van der Waals surface area contributed by atoms with Gasteiger partial charge in [0.15, 0.2) is 0 Å². The van der Waals surface area contributed by atoms with Gasteiger partial charge in [0.25, 0.3) is 0 Å². The summed E-state index contributed by atoms with van der Waals surface area (Å²) in [5, 5.41) is 0. The van der Waals surface area contributed by atoms with Crippen LogP contribution in [0.2, 0.25) is 0 Å². The fourth-order valence-electron chi connectivity index (χ4n) is 1.35. The van der Waals surface area contributed by atoms with Crippen LogP contribution in [0.15, 0.2) is 0 Å². The van der Waals surface area contributed by atoms with Crippen LogP contribution in [0.5, 0.6) is 0 Å². The Labute approximate surface area is 89.9 Å². The Morgan fingerprint density at radius 1 is 1.43 bits per heavy atom. The number of rotatable bonds is 3. The highest BCUT2D eigenvalue weighted by atomic mass is 32.2. The third-order valence-electron chi connectivity index (χ3n) is 2.27. The number of hydrogen-bond acceptors (Lipinski definition) is 3. The molecule has 1 fully saturated rings. The van der Waals surface area contributed by atoms with E-state index in [1.807, 2.05) is 20.8 Å². The molecule has 0 aromatic rings. The third kappa shape index (κ3) is 4.17. The maximum atomic E-state index is 11.7. The molecule has 1 saturated heterocycles. The molecule has 1 rings (SSSR count). The Bertz CT molecular complexity index is 164. The van der Waals surface area contributed by atoms with Crippen molar-refractivity contribution < 1.29 is 9.29 Å². The molecule has 0 aromatic heterocycles. The molecule has 0 aromatic carbocycles. The van der Waals surface area contributed by atoms with E-state index >= 15 is 0 Å². The minimum atomic E-state index is -0.969. The van der Waals surface area contributed by atoms with E-state index in [1.165, 1.54) is 12.8 Å². The Morgan fingerprint density at radius 2 is 2.14 bits per heavy atom. The largest absolute Gasteiger partial charge is 0.598 e. The molecule has 0 aliphatic carbocycles. The minimum Gasteiger partial charge on any atom is -0.598 e. The second-order valence-corrected chi connectivity index (χ2v) is 6.77. The molecular weight excluding hydrogens is 198 g/mol. The van der Waals surface area contributed by atoms with Crippen LogP contribution in [0, 0.1) is 0 Å². The maximum absolute atomic E-state index is 11.7. The van der Waals surface area contributed by atoms with Gasteiger partial charge in [0.05, 0.1) is 12.6 Å². The van der Waals surface area contributed by atoms with E-state index in [1.54, 1.807) is 0 Å². The monoisotopic (exact) mass is 219 g/mol. The zero-order valence-electron chi connectivity index (χ0n) is 9.34. The van der Waals surface area contributed by atoms with Crippen molar-refractivity contribution >= 4 is 11.4 Å². The van der Waals surface area contributed by atoms with Crippen molar-refractivity contribution in [2.24, 2.45) is 0 Å². The van der Waals surface area contributed by atoms with E-state index in [4.69, 9.17) is 4.74 Å². The first kappa shape index (κ1) is 12.3. The van der Waals surface area contributed by atoms with Gasteiger partial charge < -0.3 is 9.29 Å². The molecule has 0 radical (unpaired) electrons. The molecular formula is C10H21NO2S. The average molecular weight is 219 g/mol. The standard InChI is InChI=1S/C10H21NO2S/c1-10(2,3)14(12)11-8-9-6-4-5-7-13-9/h9,11H,4-8H2,1-3H3. The molecule has 0 saturated carbocycles. The van der Waals surface area contributed by atoms with Crippen LogP contribution in [-0.4, -0.2) is 28.6 Å². The summed E-state index contributed by atoms with van der Waals surface area (Å²) in [4.78, 5) is 0. The first-order valence-corrected chi connectivity index (χ1v) is 6.42. The van der Waals surface area contributed by atoms with Crippen LogP contribution < -0.4 is 4.72 Å². The summed E-state index contributed by atoms with van der Waals surface area (Å²) < 4.78 is 20.0. The van der Waals surface area contributed by atoms with E-state index in [9.17, 15) is 4.55 Å². The first-order valence-electron chi connectivity index (χ1n) is 5.27. The van der Waals surface area contributed by atoms with E-state index in [0.29, 0.717) is 6.54 Å². The fraction of sp³-hybridized carbons (Fsp3) is 1.00. The molecule has 2 atom stereocenters. The van der Waals surface area contributed by atoms with Gasteiger partial charge in [-0.2, -0.15) is 0 Å². The molecule has 1 heterocycles. The van der Waals surface area contributed by atoms with Crippen molar-refractivity contribution in [1.82, 2.24) is 4.72 Å². The second kappa shape index (κ2) is 5.35. The summed E-state index contributed by atoms with van der Waals surface area (Å²) in [5.41, 5.74) is 0. The van der Waals surface area contributed by atoms with Gasteiger partial charge in [-0.15, -0.1) is 4.72 Å². The summed E-state index contributed by atoms with van der Waals surface area (Å²) in [7, 11) is 0. The predicted molar refractivity (Wildman–Crippen MR) is 59.5 cm³/mol. The highest BCUT2D eigenvalue weighted by Crippen LogP contribution is 2.15. The molecule has 3 nitrogen and oxygen atoms in total. The lowest BCUT2D eigenvalue weighted by Crippen LogP contribution is -2.43. The van der Waals surface area contributed by atoms with E-state index in [-0.39, 0.29) is 10.9 Å². The van der Waals surface area contributed by atoms with Gasteiger partial charge >= 0.3 is 0 Å². The Kier molecular flexibility index (Phi) is 4.70. The van der Waals surface area contributed by atoms with Crippen LogP contribution in [0.4, 0.5) is 0 Å². The smallest absolute Gasteiger partial charge is 0.136 e. The van der Waals surface area contributed by atoms with Gasteiger partial charge in [-0.25, -0.2) is 0 Å². The van der Waals surface area contributed by atoms with Crippen molar-refractivity contribution in [2.45, 2.75) is 50.9 Å². The molecule has 2 unspecified atom stereocenters. The topological polar surface area (TPSA) is 44.3 Å². The van der Waals surface area contributed by atoms with Crippen molar-refractivity contribution in [3.63, 3.8) is 0 Å². The van der Waals surface area contributed by atoms with Crippen molar-refractivity contribution in [1.29, 1.82) is 0 Å². The van der Waals surface area contributed by atoms with E-state index in [2.05, 4.69) is 4.72 Å². The normalized spacial score (nSPS) is 26.1. The van der Waals surface area contributed by atoms with Crippen LogP contribution >= 0.6 is 0 Å². The highest BCUT2D eigenvalue weighted by Gasteiger charge is 2.27. The van der Waals surface area contributed by atoms with Crippen molar-refractivity contribution in [2.75, 3.05) is 13.2 Å². The molecule has 1 aliphatic heterocycles. The quantitative estimate of drug-likeness (QED) is 0.733. The van der Waals surface area contributed by atoms with Crippen LogP contribution in [0.1, 0.15) is 40.0 Å². The summed E-state index contributed by atoms with van der Waals surface area (Å²) in [6.45, 7) is 7.48. The van der Waals surface area contributed by atoms with E-state index < -0.39 is 11.4 Å². The minimum absolute atomic E-state index is 0.186. The van der Waals surface area contributed by atoms with Crippen LogP contribution in [0.3, 0.4) is 0 Å². The summed E-state index contributed by atoms with van der Waals surface area (Å²) in [6, 6.07) is 0. The number of ether oxygens (including phenoxy) is 1. The van der Waals surface area contributed by atoms with Gasteiger partial charge in [-0.1, -0.05) is 0 Å². The zero-order chi connectivity index (χ0) is 10.6. The molecule has 4 heteroatoms. The third-order valence-corrected chi connectivity index (χ3v) is 3.81. The van der Waals surface area contributed by atoms with Gasteiger partial charge in [0, 0.05) is 18.0 Å². The molecule has 1 aliphatic rings. The summed E-state index contributed by atoms with van der Waals surface area (Å²) in [5.74, 6) is 0. The van der Waals surface area contributed by atoms with Crippen molar-refractivity contribution in [3.05, 3.63) is 0 Å². The molecule has 0 spiro atoms. The van der Waals surface area contributed by atoms with Gasteiger partial charge in [-0.3, -0.25) is 0 Å². The lowest BCUT2D eigenvalue weighted by atomic mass is 10.1. The van der Waals surface area contributed by atoms with Crippen LogP contribution in [0.25, 0.3) is 0 Å². The fourth-order valence-corrected chi connectivity index (χ4v) is 2.12. The van der Waals surface area contributed by atoms with Crippen molar-refractivity contribution in [3.8, 4) is 0 Å². The molecule has 0 amide bonds. The maximum Gasteiger partial charge on any atom is 0.136 e. The Morgan fingerprint density at radius 3 is 2.64 bits per heavy atom. The lowest BCUT2D eigenvalue weighted by molar-refractivity contribution is 0.0199. The lowest BCUT2D eigenvalue weighted by Gasteiger charge is -2.27.